The molecule has 7 heteroatoms. The number of ether oxygens (including phenoxy) is 1. The number of hydrogen-bond donors (Lipinski definition) is 1. The second-order valence-electron chi connectivity index (χ2n) is 3.76. The van der Waals surface area contributed by atoms with Crippen LogP contribution in [0.25, 0.3) is 0 Å². The highest BCUT2D eigenvalue weighted by Gasteiger charge is 2.15. The van der Waals surface area contributed by atoms with Gasteiger partial charge < -0.3 is 10.5 Å². The Morgan fingerprint density at radius 2 is 2.16 bits per heavy atom. The summed E-state index contributed by atoms with van der Waals surface area (Å²) < 4.78 is 6.53. The van der Waals surface area contributed by atoms with Crippen molar-refractivity contribution < 1.29 is 9.66 Å². The minimum atomic E-state index is -0.458. The summed E-state index contributed by atoms with van der Waals surface area (Å²) in [6.45, 7) is 0.615. The minimum absolute atomic E-state index is 0.0483. The van der Waals surface area contributed by atoms with Crippen LogP contribution >= 0.6 is 27.3 Å². The van der Waals surface area contributed by atoms with E-state index >= 15 is 0 Å². The summed E-state index contributed by atoms with van der Waals surface area (Å²) in [5.41, 5.74) is 6.28. The fourth-order valence-electron chi connectivity index (χ4n) is 1.53. The molecule has 0 fully saturated rings. The van der Waals surface area contributed by atoms with Gasteiger partial charge in [0.25, 0.3) is 0 Å². The van der Waals surface area contributed by atoms with Crippen molar-refractivity contribution in [1.82, 2.24) is 0 Å². The molecule has 0 saturated carbocycles. The zero-order chi connectivity index (χ0) is 13.8. The predicted molar refractivity (Wildman–Crippen MR) is 77.3 cm³/mol. The fraction of sp³-hybridized carbons (Fsp3) is 0.167. The maximum atomic E-state index is 10.9. The zero-order valence-corrected chi connectivity index (χ0v) is 12.2. The van der Waals surface area contributed by atoms with E-state index in [4.69, 9.17) is 10.5 Å². The van der Waals surface area contributed by atoms with Gasteiger partial charge >= 0.3 is 5.69 Å². The summed E-state index contributed by atoms with van der Waals surface area (Å²) in [7, 11) is 0. The van der Waals surface area contributed by atoms with Gasteiger partial charge in [0.2, 0.25) is 0 Å². The van der Waals surface area contributed by atoms with E-state index in [0.29, 0.717) is 13.2 Å². The number of nitrogens with zero attached hydrogens (tertiary/aromatic N) is 1. The van der Waals surface area contributed by atoms with E-state index in [-0.39, 0.29) is 11.4 Å². The van der Waals surface area contributed by atoms with Crippen LogP contribution in [-0.2, 0) is 13.2 Å². The third kappa shape index (κ3) is 3.52. The molecule has 0 bridgehead atoms. The highest BCUT2D eigenvalue weighted by atomic mass is 79.9. The van der Waals surface area contributed by atoms with Crippen molar-refractivity contribution in [3.8, 4) is 5.75 Å². The highest BCUT2D eigenvalue weighted by molar-refractivity contribution is 9.11. The van der Waals surface area contributed by atoms with Crippen LogP contribution in [0.5, 0.6) is 5.75 Å². The number of benzene rings is 1. The van der Waals surface area contributed by atoms with Gasteiger partial charge in [0, 0.05) is 17.5 Å². The lowest BCUT2D eigenvalue weighted by Gasteiger charge is -2.07. The largest absolute Gasteiger partial charge is 0.481 e. The van der Waals surface area contributed by atoms with E-state index < -0.39 is 4.92 Å². The number of nitro groups is 1. The van der Waals surface area contributed by atoms with Crippen molar-refractivity contribution in [1.29, 1.82) is 0 Å². The van der Waals surface area contributed by atoms with Crippen molar-refractivity contribution in [2.24, 2.45) is 5.73 Å². The molecule has 0 radical (unpaired) electrons. The molecule has 100 valence electrons. The van der Waals surface area contributed by atoms with Crippen LogP contribution in [0.15, 0.2) is 34.1 Å². The number of hydrogen-bond acceptors (Lipinski definition) is 5. The maximum Gasteiger partial charge on any atom is 0.310 e. The molecule has 0 unspecified atom stereocenters. The summed E-state index contributed by atoms with van der Waals surface area (Å²) in [5.74, 6) is 0.248. The molecule has 0 aliphatic carbocycles. The second-order valence-corrected chi connectivity index (χ2v) is 6.31. The SMILES string of the molecule is NCc1ccc([N+](=O)[O-])c(OCc2ccc(Br)s2)c1. The molecule has 1 aromatic heterocycles. The molecule has 0 spiro atoms. The summed E-state index contributed by atoms with van der Waals surface area (Å²) in [6, 6.07) is 8.48. The average Bonchev–Trinajstić information content (AvgIpc) is 2.81. The van der Waals surface area contributed by atoms with Crippen LogP contribution in [0, 0.1) is 10.1 Å². The molecular weight excluding hydrogens is 332 g/mol. The van der Waals surface area contributed by atoms with E-state index in [1.165, 1.54) is 17.4 Å². The lowest BCUT2D eigenvalue weighted by Crippen LogP contribution is -2.01. The molecule has 0 saturated heterocycles. The minimum Gasteiger partial charge on any atom is -0.481 e. The molecule has 2 N–H and O–H groups in total. The fourth-order valence-corrected chi connectivity index (χ4v) is 2.93. The van der Waals surface area contributed by atoms with Gasteiger partial charge in [-0.2, -0.15) is 0 Å². The van der Waals surface area contributed by atoms with E-state index in [2.05, 4.69) is 15.9 Å². The molecule has 0 atom stereocenters. The maximum absolute atomic E-state index is 10.9. The lowest BCUT2D eigenvalue weighted by molar-refractivity contribution is -0.386. The van der Waals surface area contributed by atoms with Crippen LogP contribution in [-0.4, -0.2) is 4.92 Å². The van der Waals surface area contributed by atoms with Crippen molar-refractivity contribution in [3.05, 3.63) is 54.7 Å². The first-order chi connectivity index (χ1) is 9.10. The Bertz CT molecular complexity index is 600. The van der Waals surface area contributed by atoms with Crippen LogP contribution in [0.1, 0.15) is 10.4 Å². The molecular formula is C12H11BrN2O3S. The summed E-state index contributed by atoms with van der Waals surface area (Å²) in [4.78, 5) is 11.5. The van der Waals surface area contributed by atoms with E-state index in [0.717, 1.165) is 14.2 Å². The smallest absolute Gasteiger partial charge is 0.310 e. The van der Waals surface area contributed by atoms with E-state index in [1.807, 2.05) is 12.1 Å². The van der Waals surface area contributed by atoms with Gasteiger partial charge in [0.1, 0.15) is 6.61 Å². The topological polar surface area (TPSA) is 78.4 Å². The quantitative estimate of drug-likeness (QED) is 0.666. The first kappa shape index (κ1) is 14.0. The molecule has 2 aromatic rings. The first-order valence-corrected chi connectivity index (χ1v) is 7.05. The molecule has 0 amide bonds. The summed E-state index contributed by atoms with van der Waals surface area (Å²) in [6.07, 6.45) is 0. The standard InChI is InChI=1S/C12H11BrN2O3S/c13-12-4-2-9(19-12)7-18-11-5-8(6-14)1-3-10(11)15(16)17/h1-5H,6-7,14H2. The van der Waals surface area contributed by atoms with Crippen molar-refractivity contribution in [2.45, 2.75) is 13.2 Å². The Labute approximate surface area is 122 Å². The monoisotopic (exact) mass is 342 g/mol. The molecule has 5 nitrogen and oxygen atoms in total. The van der Waals surface area contributed by atoms with Gasteiger partial charge in [-0.15, -0.1) is 11.3 Å². The van der Waals surface area contributed by atoms with Gasteiger partial charge in [0.05, 0.1) is 8.71 Å². The van der Waals surface area contributed by atoms with Gasteiger partial charge in [-0.3, -0.25) is 10.1 Å². The zero-order valence-electron chi connectivity index (χ0n) is 9.84. The number of nitrogens with two attached hydrogens (primary N) is 1. The van der Waals surface area contributed by atoms with Crippen molar-refractivity contribution in [3.63, 3.8) is 0 Å². The summed E-state index contributed by atoms with van der Waals surface area (Å²) >= 11 is 4.89. The predicted octanol–water partition coefficient (Wildman–Crippen LogP) is 3.46. The van der Waals surface area contributed by atoms with E-state index in [1.54, 1.807) is 12.1 Å². The first-order valence-electron chi connectivity index (χ1n) is 5.44. The lowest BCUT2D eigenvalue weighted by atomic mass is 10.2. The highest BCUT2D eigenvalue weighted by Crippen LogP contribution is 2.30. The Balaban J connectivity index is 2.19. The molecule has 1 heterocycles. The molecule has 0 aliphatic rings. The average molecular weight is 343 g/mol. The van der Waals surface area contributed by atoms with Crippen LogP contribution in [0.4, 0.5) is 5.69 Å². The van der Waals surface area contributed by atoms with Crippen LogP contribution in [0.2, 0.25) is 0 Å². The normalized spacial score (nSPS) is 10.4. The van der Waals surface area contributed by atoms with Crippen molar-refractivity contribution >= 4 is 33.0 Å². The molecule has 2 rings (SSSR count). The molecule has 1 aromatic carbocycles. The van der Waals surface area contributed by atoms with Gasteiger partial charge in [-0.1, -0.05) is 6.07 Å². The van der Waals surface area contributed by atoms with Gasteiger partial charge in [0.15, 0.2) is 5.75 Å². The van der Waals surface area contributed by atoms with Gasteiger partial charge in [-0.05, 0) is 39.7 Å². The molecule has 0 aliphatic heterocycles. The Morgan fingerprint density at radius 1 is 1.37 bits per heavy atom. The van der Waals surface area contributed by atoms with Gasteiger partial charge in [-0.25, -0.2) is 0 Å². The Morgan fingerprint density at radius 3 is 2.74 bits per heavy atom. The van der Waals surface area contributed by atoms with Crippen LogP contribution in [0.3, 0.4) is 0 Å². The van der Waals surface area contributed by atoms with Crippen LogP contribution < -0.4 is 10.5 Å². The molecule has 19 heavy (non-hydrogen) atoms. The number of nitro benzene ring substituents is 1. The number of rotatable bonds is 5. The van der Waals surface area contributed by atoms with E-state index in [9.17, 15) is 10.1 Å². The Kier molecular flexibility index (Phi) is 4.52. The summed E-state index contributed by atoms with van der Waals surface area (Å²) in [5, 5.41) is 10.9. The second kappa shape index (κ2) is 6.14. The third-order valence-corrected chi connectivity index (χ3v) is 4.05. The number of thiophene rings is 1. The van der Waals surface area contributed by atoms with Crippen molar-refractivity contribution in [2.75, 3.05) is 0 Å². The Hall–Kier alpha value is -1.44. The third-order valence-electron chi connectivity index (χ3n) is 2.46. The number of halogens is 1.